The van der Waals surface area contributed by atoms with Crippen molar-refractivity contribution < 1.29 is 5.11 Å². The van der Waals surface area contributed by atoms with Crippen LogP contribution in [0.1, 0.15) is 37.2 Å². The van der Waals surface area contributed by atoms with Crippen LogP contribution in [0.25, 0.3) is 5.69 Å². The van der Waals surface area contributed by atoms with Gasteiger partial charge in [0.25, 0.3) is 0 Å². The fourth-order valence-electron chi connectivity index (χ4n) is 2.15. The molecule has 4 nitrogen and oxygen atoms in total. The molecule has 1 N–H and O–H groups in total. The summed E-state index contributed by atoms with van der Waals surface area (Å²) >= 11 is 0. The van der Waals surface area contributed by atoms with Crippen LogP contribution in [-0.4, -0.2) is 20.1 Å². The van der Waals surface area contributed by atoms with E-state index in [2.05, 4.69) is 30.2 Å². The molecule has 0 spiro atoms. The monoisotopic (exact) mass is 245 g/mol. The fraction of sp³-hybridized carbons (Fsp3) is 0.429. The summed E-state index contributed by atoms with van der Waals surface area (Å²) in [4.78, 5) is 0. The predicted octanol–water partition coefficient (Wildman–Crippen LogP) is 2.27. The van der Waals surface area contributed by atoms with Crippen LogP contribution in [0, 0.1) is 0 Å². The molecular weight excluding hydrogens is 226 g/mol. The second-order valence-corrected chi connectivity index (χ2v) is 4.29. The lowest BCUT2D eigenvalue weighted by molar-refractivity contribution is 0.275. The fourth-order valence-corrected chi connectivity index (χ4v) is 2.15. The molecule has 1 aromatic heterocycles. The smallest absolute Gasteiger partial charge is 0.112 e. The van der Waals surface area contributed by atoms with Gasteiger partial charge in [0.05, 0.1) is 18.0 Å². The van der Waals surface area contributed by atoms with Crippen molar-refractivity contribution in [2.24, 2.45) is 0 Å². The third-order valence-corrected chi connectivity index (χ3v) is 3.08. The Bertz CT molecular complexity index is 520. The highest BCUT2D eigenvalue weighted by Crippen LogP contribution is 2.19. The summed E-state index contributed by atoms with van der Waals surface area (Å²) in [7, 11) is 0. The molecule has 0 aliphatic heterocycles. The summed E-state index contributed by atoms with van der Waals surface area (Å²) in [5.41, 5.74) is 4.00. The van der Waals surface area contributed by atoms with Crippen LogP contribution in [0.3, 0.4) is 0 Å². The molecular formula is C14H19N3O. The van der Waals surface area contributed by atoms with Crippen molar-refractivity contribution in [3.63, 3.8) is 0 Å². The van der Waals surface area contributed by atoms with Crippen molar-refractivity contribution in [3.05, 3.63) is 41.2 Å². The van der Waals surface area contributed by atoms with Gasteiger partial charge in [0.2, 0.25) is 0 Å². The van der Waals surface area contributed by atoms with Gasteiger partial charge in [-0.1, -0.05) is 43.7 Å². The SMILES string of the molecule is CCCc1c(CO)nnn1-c1ccccc1CC. The van der Waals surface area contributed by atoms with E-state index < -0.39 is 0 Å². The highest BCUT2D eigenvalue weighted by Gasteiger charge is 2.14. The van der Waals surface area contributed by atoms with Gasteiger partial charge < -0.3 is 5.11 Å². The number of rotatable bonds is 5. The maximum absolute atomic E-state index is 9.32. The Kier molecular flexibility index (Phi) is 4.10. The van der Waals surface area contributed by atoms with Gasteiger partial charge in [0.1, 0.15) is 5.69 Å². The zero-order chi connectivity index (χ0) is 13.0. The third kappa shape index (κ3) is 2.29. The maximum atomic E-state index is 9.32. The van der Waals surface area contributed by atoms with E-state index in [0.717, 1.165) is 30.6 Å². The summed E-state index contributed by atoms with van der Waals surface area (Å²) in [6.07, 6.45) is 2.84. The average Bonchev–Trinajstić information content (AvgIpc) is 2.82. The number of nitrogens with zero attached hydrogens (tertiary/aromatic N) is 3. The topological polar surface area (TPSA) is 50.9 Å². The van der Waals surface area contributed by atoms with Crippen molar-refractivity contribution in [3.8, 4) is 5.69 Å². The molecule has 2 rings (SSSR count). The molecule has 0 bridgehead atoms. The number of aryl methyl sites for hydroxylation is 1. The second kappa shape index (κ2) is 5.78. The molecule has 0 fully saturated rings. The van der Waals surface area contributed by atoms with Crippen LogP contribution in [-0.2, 0) is 19.4 Å². The second-order valence-electron chi connectivity index (χ2n) is 4.29. The molecule has 0 radical (unpaired) electrons. The lowest BCUT2D eigenvalue weighted by atomic mass is 10.1. The summed E-state index contributed by atoms with van der Waals surface area (Å²) in [5, 5.41) is 17.6. The number of hydrogen-bond acceptors (Lipinski definition) is 3. The largest absolute Gasteiger partial charge is 0.390 e. The van der Waals surface area contributed by atoms with Gasteiger partial charge in [0, 0.05) is 0 Å². The molecule has 0 amide bonds. The Morgan fingerprint density at radius 1 is 1.22 bits per heavy atom. The van der Waals surface area contributed by atoms with E-state index in [-0.39, 0.29) is 6.61 Å². The summed E-state index contributed by atoms with van der Waals surface area (Å²) in [5.74, 6) is 0. The molecule has 18 heavy (non-hydrogen) atoms. The first-order valence-electron chi connectivity index (χ1n) is 6.44. The lowest BCUT2D eigenvalue weighted by Gasteiger charge is -2.10. The number of hydrogen-bond donors (Lipinski definition) is 1. The lowest BCUT2D eigenvalue weighted by Crippen LogP contribution is -2.06. The zero-order valence-electron chi connectivity index (χ0n) is 10.9. The van der Waals surface area contributed by atoms with Crippen LogP contribution in [0.5, 0.6) is 0 Å². The van der Waals surface area contributed by atoms with Crippen LogP contribution >= 0.6 is 0 Å². The standard InChI is InChI=1S/C14H19N3O/c1-3-7-14-12(10-18)15-16-17(14)13-9-6-5-8-11(13)4-2/h5-6,8-9,18H,3-4,7,10H2,1-2H3. The van der Waals surface area contributed by atoms with Crippen molar-refractivity contribution >= 4 is 0 Å². The molecule has 0 aliphatic carbocycles. The van der Waals surface area contributed by atoms with Gasteiger partial charge in [-0.15, -0.1) is 5.10 Å². The molecule has 0 aliphatic rings. The van der Waals surface area contributed by atoms with E-state index in [1.165, 1.54) is 5.56 Å². The number of aromatic nitrogens is 3. The van der Waals surface area contributed by atoms with Gasteiger partial charge in [-0.05, 0) is 24.5 Å². The Morgan fingerprint density at radius 2 is 2.00 bits per heavy atom. The minimum absolute atomic E-state index is 0.0520. The number of aliphatic hydroxyl groups excluding tert-OH is 1. The van der Waals surface area contributed by atoms with Gasteiger partial charge >= 0.3 is 0 Å². The molecule has 96 valence electrons. The van der Waals surface area contributed by atoms with E-state index in [0.29, 0.717) is 5.69 Å². The van der Waals surface area contributed by atoms with E-state index >= 15 is 0 Å². The number of aliphatic hydroxyl groups is 1. The van der Waals surface area contributed by atoms with Crippen molar-refractivity contribution in [1.82, 2.24) is 15.0 Å². The van der Waals surface area contributed by atoms with Gasteiger partial charge in [-0.25, -0.2) is 4.68 Å². The Labute approximate surface area is 107 Å². The average molecular weight is 245 g/mol. The summed E-state index contributed by atoms with van der Waals surface area (Å²) < 4.78 is 1.87. The normalized spacial score (nSPS) is 10.8. The highest BCUT2D eigenvalue weighted by atomic mass is 16.3. The first kappa shape index (κ1) is 12.8. The third-order valence-electron chi connectivity index (χ3n) is 3.08. The van der Waals surface area contributed by atoms with Crippen molar-refractivity contribution in [2.75, 3.05) is 0 Å². The first-order valence-corrected chi connectivity index (χ1v) is 6.44. The number of para-hydroxylation sites is 1. The van der Waals surface area contributed by atoms with Crippen LogP contribution in [0.2, 0.25) is 0 Å². The van der Waals surface area contributed by atoms with Crippen LogP contribution < -0.4 is 0 Å². The molecule has 0 saturated carbocycles. The molecule has 0 atom stereocenters. The van der Waals surface area contributed by atoms with Gasteiger partial charge in [-0.3, -0.25) is 0 Å². The Morgan fingerprint density at radius 3 is 2.67 bits per heavy atom. The summed E-state index contributed by atoms with van der Waals surface area (Å²) in [6, 6.07) is 8.19. The van der Waals surface area contributed by atoms with Gasteiger partial charge in [-0.2, -0.15) is 0 Å². The zero-order valence-corrected chi connectivity index (χ0v) is 10.9. The molecule has 0 saturated heterocycles. The van der Waals surface area contributed by atoms with Crippen LogP contribution in [0.4, 0.5) is 0 Å². The molecule has 1 aromatic carbocycles. The minimum Gasteiger partial charge on any atom is -0.390 e. The predicted molar refractivity (Wildman–Crippen MR) is 70.7 cm³/mol. The molecule has 4 heteroatoms. The minimum atomic E-state index is -0.0520. The van der Waals surface area contributed by atoms with Crippen molar-refractivity contribution in [2.45, 2.75) is 39.7 Å². The van der Waals surface area contributed by atoms with E-state index in [1.807, 2.05) is 22.9 Å². The van der Waals surface area contributed by atoms with E-state index in [1.54, 1.807) is 0 Å². The Hall–Kier alpha value is -1.68. The quantitative estimate of drug-likeness (QED) is 0.879. The number of benzene rings is 1. The summed E-state index contributed by atoms with van der Waals surface area (Å²) in [6.45, 7) is 4.19. The first-order chi connectivity index (χ1) is 8.81. The maximum Gasteiger partial charge on any atom is 0.112 e. The van der Waals surface area contributed by atoms with Crippen molar-refractivity contribution in [1.29, 1.82) is 0 Å². The highest BCUT2D eigenvalue weighted by molar-refractivity contribution is 5.41. The Balaban J connectivity index is 2.52. The molecule has 1 heterocycles. The van der Waals surface area contributed by atoms with E-state index in [9.17, 15) is 5.11 Å². The molecule has 2 aromatic rings. The van der Waals surface area contributed by atoms with Gasteiger partial charge in [0.15, 0.2) is 0 Å². The van der Waals surface area contributed by atoms with Crippen LogP contribution in [0.15, 0.2) is 24.3 Å². The molecule has 0 unspecified atom stereocenters. The van der Waals surface area contributed by atoms with E-state index in [4.69, 9.17) is 0 Å².